The first-order chi connectivity index (χ1) is 21.2. The second-order valence-corrected chi connectivity index (χ2v) is 11.0. The average molecular weight is 601 g/mol. The highest BCUT2D eigenvalue weighted by molar-refractivity contribution is 6.06. The van der Waals surface area contributed by atoms with Crippen LogP contribution in [0.3, 0.4) is 0 Å². The van der Waals surface area contributed by atoms with Crippen LogP contribution in [0.4, 0.5) is 5.82 Å². The fourth-order valence-corrected chi connectivity index (χ4v) is 5.42. The maximum absolute atomic E-state index is 12.5. The Hall–Kier alpha value is -5.00. The number of carbonyl (C=O) groups is 4. The number of imide groups is 1. The number of aryl methyl sites for hydroxylation is 2. The minimum atomic E-state index is -0.752. The van der Waals surface area contributed by atoms with Crippen LogP contribution in [0.5, 0.6) is 5.75 Å². The summed E-state index contributed by atoms with van der Waals surface area (Å²) in [5, 5.41) is 15.0. The van der Waals surface area contributed by atoms with Crippen LogP contribution in [0.1, 0.15) is 74.4 Å². The first-order valence-corrected chi connectivity index (χ1v) is 14.8. The zero-order valence-corrected chi connectivity index (χ0v) is 24.9. The summed E-state index contributed by atoms with van der Waals surface area (Å²) in [4.78, 5) is 62.0. The number of aromatic nitrogens is 3. The van der Waals surface area contributed by atoms with Gasteiger partial charge in [-0.15, -0.1) is 5.06 Å². The highest BCUT2D eigenvalue weighted by Gasteiger charge is 2.32. The van der Waals surface area contributed by atoms with Gasteiger partial charge < -0.3 is 25.6 Å². The number of benzene rings is 2. The van der Waals surface area contributed by atoms with Crippen molar-refractivity contribution < 1.29 is 29.1 Å². The zero-order chi connectivity index (χ0) is 31.4. The lowest BCUT2D eigenvalue weighted by atomic mass is 10.0. The molecule has 0 radical (unpaired) electrons. The number of unbranched alkanes of at least 4 members (excludes halogenated alkanes) is 1. The van der Waals surface area contributed by atoms with Crippen molar-refractivity contribution in [2.45, 2.75) is 78.3 Å². The van der Waals surface area contributed by atoms with E-state index in [0.29, 0.717) is 34.1 Å². The first-order valence-electron chi connectivity index (χ1n) is 14.8. The molecule has 0 saturated carbocycles. The number of phenols is 1. The number of hydroxylamine groups is 2. The molecule has 4 N–H and O–H groups in total. The molecule has 0 atom stereocenters. The number of hydrogen-bond donors (Lipinski definition) is 3. The molecular formula is C32H36N6O6. The molecule has 0 spiro atoms. The fourth-order valence-electron chi connectivity index (χ4n) is 5.42. The highest BCUT2D eigenvalue weighted by atomic mass is 16.7. The van der Waals surface area contributed by atoms with Crippen molar-refractivity contribution in [3.8, 4) is 5.75 Å². The summed E-state index contributed by atoms with van der Waals surface area (Å²) >= 11 is 0. The third kappa shape index (κ3) is 6.48. The van der Waals surface area contributed by atoms with Gasteiger partial charge in [-0.3, -0.25) is 14.4 Å². The van der Waals surface area contributed by atoms with Crippen molar-refractivity contribution in [3.05, 3.63) is 58.9 Å². The number of nitrogens with zero attached hydrogens (tertiary/aromatic N) is 4. The average Bonchev–Trinajstić information content (AvgIpc) is 3.52. The standard InChI is InChI=1S/C32H36N6O6/c1-3-4-10-24-36-29-30(22-8-5-6-9-23(22)35-32(29)33)37(24)18-20-15-19(2)31(43)21(16-20)17-34-25(39)11-7-12-28(42)44-38-26(40)13-14-27(38)41/h5-6,8-9,15-16,43H,3-4,7,10-14,17-18H2,1-2H3,(H2,33,35)(H,34,39). The molecule has 44 heavy (non-hydrogen) atoms. The van der Waals surface area contributed by atoms with Crippen molar-refractivity contribution in [2.24, 2.45) is 0 Å². The zero-order valence-electron chi connectivity index (χ0n) is 24.9. The summed E-state index contributed by atoms with van der Waals surface area (Å²) in [5.41, 5.74) is 10.9. The second-order valence-electron chi connectivity index (χ2n) is 11.0. The van der Waals surface area contributed by atoms with Gasteiger partial charge in [0.15, 0.2) is 5.82 Å². The lowest BCUT2D eigenvalue weighted by Crippen LogP contribution is -2.32. The maximum Gasteiger partial charge on any atom is 0.333 e. The molecule has 5 rings (SSSR count). The Kier molecular flexibility index (Phi) is 9.07. The molecule has 2 aromatic heterocycles. The first kappa shape index (κ1) is 30.5. The quantitative estimate of drug-likeness (QED) is 0.204. The Labute approximate surface area is 254 Å². The summed E-state index contributed by atoms with van der Waals surface area (Å²) in [5.74, 6) is -0.782. The van der Waals surface area contributed by atoms with Crippen molar-refractivity contribution in [2.75, 3.05) is 5.73 Å². The Bertz CT molecular complexity index is 1750. The number of para-hydroxylation sites is 1. The molecule has 0 aliphatic carbocycles. The molecule has 12 heteroatoms. The van der Waals surface area contributed by atoms with E-state index in [0.717, 1.165) is 47.1 Å². The number of rotatable bonds is 12. The van der Waals surface area contributed by atoms with Crippen LogP contribution in [-0.2, 0) is 43.5 Å². The molecule has 0 bridgehead atoms. The van der Waals surface area contributed by atoms with Gasteiger partial charge in [-0.2, -0.15) is 0 Å². The number of aromatic hydroxyl groups is 1. The number of nitrogen functional groups attached to an aromatic ring is 1. The van der Waals surface area contributed by atoms with Crippen molar-refractivity contribution in [1.82, 2.24) is 24.9 Å². The number of carbonyl (C=O) groups excluding carboxylic acids is 4. The molecule has 12 nitrogen and oxygen atoms in total. The molecule has 2 aromatic carbocycles. The summed E-state index contributed by atoms with van der Waals surface area (Å²) in [6.45, 7) is 4.52. The second kappa shape index (κ2) is 13.1. The fraction of sp³-hybridized carbons (Fsp3) is 0.375. The van der Waals surface area contributed by atoms with E-state index in [9.17, 15) is 24.3 Å². The summed E-state index contributed by atoms with van der Waals surface area (Å²) in [7, 11) is 0. The van der Waals surface area contributed by atoms with Gasteiger partial charge in [0.25, 0.3) is 11.8 Å². The lowest BCUT2D eigenvalue weighted by Gasteiger charge is -2.15. The molecule has 1 aliphatic rings. The molecule has 3 amide bonds. The van der Waals surface area contributed by atoms with E-state index in [1.54, 1.807) is 0 Å². The predicted octanol–water partition coefficient (Wildman–Crippen LogP) is 3.97. The Morgan fingerprint density at radius 3 is 2.57 bits per heavy atom. The largest absolute Gasteiger partial charge is 0.507 e. The molecule has 230 valence electrons. The van der Waals surface area contributed by atoms with E-state index in [2.05, 4.69) is 21.8 Å². The van der Waals surface area contributed by atoms with E-state index in [4.69, 9.17) is 15.6 Å². The number of hydrogen-bond acceptors (Lipinski definition) is 9. The van der Waals surface area contributed by atoms with Gasteiger partial charge in [0, 0.05) is 56.1 Å². The van der Waals surface area contributed by atoms with Gasteiger partial charge in [0.2, 0.25) is 5.91 Å². The van der Waals surface area contributed by atoms with Crippen molar-refractivity contribution >= 4 is 51.4 Å². The van der Waals surface area contributed by atoms with E-state index < -0.39 is 17.8 Å². The Morgan fingerprint density at radius 1 is 1.07 bits per heavy atom. The number of nitrogens with one attached hydrogen (secondary N) is 1. The number of amides is 3. The van der Waals surface area contributed by atoms with Gasteiger partial charge in [-0.25, -0.2) is 14.8 Å². The van der Waals surface area contributed by atoms with E-state index in [1.807, 2.05) is 43.3 Å². The van der Waals surface area contributed by atoms with Crippen molar-refractivity contribution in [1.29, 1.82) is 0 Å². The molecule has 4 aromatic rings. The van der Waals surface area contributed by atoms with E-state index >= 15 is 0 Å². The van der Waals surface area contributed by atoms with E-state index in [-0.39, 0.29) is 50.3 Å². The van der Waals surface area contributed by atoms with Gasteiger partial charge in [0.05, 0.1) is 11.0 Å². The molecular weight excluding hydrogens is 564 g/mol. The normalized spacial score (nSPS) is 13.3. The number of pyridine rings is 1. The van der Waals surface area contributed by atoms with Gasteiger partial charge in [-0.05, 0) is 43.0 Å². The Morgan fingerprint density at radius 2 is 1.82 bits per heavy atom. The number of phenolic OH excluding ortho intramolecular Hbond substituents is 1. The lowest BCUT2D eigenvalue weighted by molar-refractivity contribution is -0.197. The number of fused-ring (bicyclic) bond motifs is 3. The molecule has 3 heterocycles. The predicted molar refractivity (Wildman–Crippen MR) is 163 cm³/mol. The molecule has 0 unspecified atom stereocenters. The van der Waals surface area contributed by atoms with Crippen LogP contribution < -0.4 is 11.1 Å². The molecule has 1 saturated heterocycles. The smallest absolute Gasteiger partial charge is 0.333 e. The number of imidazole rings is 1. The van der Waals surface area contributed by atoms with Crippen LogP contribution in [0, 0.1) is 6.92 Å². The van der Waals surface area contributed by atoms with Gasteiger partial charge >= 0.3 is 5.97 Å². The minimum Gasteiger partial charge on any atom is -0.507 e. The topological polar surface area (TPSA) is 170 Å². The minimum absolute atomic E-state index is 0.0178. The summed E-state index contributed by atoms with van der Waals surface area (Å²) in [6, 6.07) is 11.6. The molecule has 1 fully saturated rings. The third-order valence-electron chi connectivity index (χ3n) is 7.68. The van der Waals surface area contributed by atoms with Crippen LogP contribution in [0.25, 0.3) is 21.9 Å². The van der Waals surface area contributed by atoms with Crippen LogP contribution in [-0.4, -0.2) is 48.4 Å². The highest BCUT2D eigenvalue weighted by Crippen LogP contribution is 2.31. The van der Waals surface area contributed by atoms with Gasteiger partial charge in [0.1, 0.15) is 17.1 Å². The molecule has 1 aliphatic heterocycles. The van der Waals surface area contributed by atoms with Crippen LogP contribution in [0.2, 0.25) is 0 Å². The third-order valence-corrected chi connectivity index (χ3v) is 7.68. The summed E-state index contributed by atoms with van der Waals surface area (Å²) < 4.78 is 2.17. The van der Waals surface area contributed by atoms with E-state index in [1.165, 1.54) is 0 Å². The monoisotopic (exact) mass is 600 g/mol. The maximum atomic E-state index is 12.5. The summed E-state index contributed by atoms with van der Waals surface area (Å²) in [6.07, 6.45) is 2.86. The van der Waals surface area contributed by atoms with Gasteiger partial charge in [-0.1, -0.05) is 37.6 Å². The van der Waals surface area contributed by atoms with Crippen molar-refractivity contribution in [3.63, 3.8) is 0 Å². The SMILES string of the molecule is CCCCc1nc2c(N)nc3ccccc3c2n1Cc1cc(C)c(O)c(CNC(=O)CCCC(=O)ON2C(=O)CCC2=O)c1. The number of nitrogens with two attached hydrogens (primary N) is 1. The number of anilines is 1. The van der Waals surface area contributed by atoms with Crippen LogP contribution in [0.15, 0.2) is 36.4 Å². The Balaban J connectivity index is 1.29. The van der Waals surface area contributed by atoms with Crippen LogP contribution >= 0.6 is 0 Å².